The van der Waals surface area contributed by atoms with E-state index in [-0.39, 0.29) is 30.5 Å². The highest BCUT2D eigenvalue weighted by molar-refractivity contribution is 14.0. The van der Waals surface area contributed by atoms with Gasteiger partial charge >= 0.3 is 0 Å². The molecule has 1 aromatic heterocycles. The predicted molar refractivity (Wildman–Crippen MR) is 118 cm³/mol. The Kier molecular flexibility index (Phi) is 9.89. The van der Waals surface area contributed by atoms with Crippen molar-refractivity contribution in [1.29, 1.82) is 0 Å². The van der Waals surface area contributed by atoms with Crippen LogP contribution >= 0.6 is 35.3 Å². The number of nitrogens with zero attached hydrogens (tertiary/aromatic N) is 3. The Balaban J connectivity index is 0.00000338. The molecule has 1 unspecified atom stereocenters. The van der Waals surface area contributed by atoms with Crippen LogP contribution in [-0.4, -0.2) is 48.2 Å². The van der Waals surface area contributed by atoms with Gasteiger partial charge in [0.2, 0.25) is 0 Å². The van der Waals surface area contributed by atoms with Gasteiger partial charge in [-0.25, -0.2) is 4.98 Å². The molecular formula is C18H27IN4O2S. The first-order valence-corrected chi connectivity index (χ1v) is 9.14. The van der Waals surface area contributed by atoms with Crippen LogP contribution in [0.3, 0.4) is 0 Å². The van der Waals surface area contributed by atoms with E-state index in [4.69, 9.17) is 4.74 Å². The topological polar surface area (TPSA) is 70.0 Å². The van der Waals surface area contributed by atoms with Gasteiger partial charge in [-0.15, -0.1) is 35.3 Å². The summed E-state index contributed by atoms with van der Waals surface area (Å²) in [5.41, 5.74) is 1.84. The van der Waals surface area contributed by atoms with E-state index in [9.17, 15) is 5.11 Å². The van der Waals surface area contributed by atoms with E-state index >= 15 is 0 Å². The van der Waals surface area contributed by atoms with Crippen LogP contribution in [0, 0.1) is 6.92 Å². The molecule has 0 bridgehead atoms. The maximum atomic E-state index is 10.4. The Bertz CT molecular complexity index is 691. The molecule has 0 spiro atoms. The lowest BCUT2D eigenvalue weighted by Crippen LogP contribution is -2.38. The molecule has 26 heavy (non-hydrogen) atoms. The smallest absolute Gasteiger partial charge is 0.194 e. The molecule has 0 saturated heterocycles. The molecule has 1 heterocycles. The van der Waals surface area contributed by atoms with Gasteiger partial charge < -0.3 is 20.1 Å². The highest BCUT2D eigenvalue weighted by Gasteiger charge is 2.11. The molecular weight excluding hydrogens is 463 g/mol. The van der Waals surface area contributed by atoms with Crippen molar-refractivity contribution < 1.29 is 9.84 Å². The zero-order chi connectivity index (χ0) is 18.2. The zero-order valence-corrected chi connectivity index (χ0v) is 18.7. The second kappa shape index (κ2) is 11.3. The van der Waals surface area contributed by atoms with Crippen molar-refractivity contribution in [2.75, 3.05) is 27.2 Å². The fourth-order valence-corrected chi connectivity index (χ4v) is 2.98. The summed E-state index contributed by atoms with van der Waals surface area (Å²) in [6.45, 7) is 5.75. The highest BCUT2D eigenvalue weighted by Crippen LogP contribution is 2.18. The number of aryl methyl sites for hydroxylation is 1. The van der Waals surface area contributed by atoms with Gasteiger partial charge in [-0.1, -0.05) is 12.1 Å². The Morgan fingerprint density at radius 3 is 2.62 bits per heavy atom. The van der Waals surface area contributed by atoms with Gasteiger partial charge in [0.05, 0.1) is 37.0 Å². The van der Waals surface area contributed by atoms with Crippen LogP contribution in [0.15, 0.2) is 34.6 Å². The van der Waals surface area contributed by atoms with Gasteiger partial charge in [0, 0.05) is 19.0 Å². The van der Waals surface area contributed by atoms with E-state index in [1.807, 2.05) is 50.1 Å². The average molecular weight is 490 g/mol. The number of hydrogen-bond acceptors (Lipinski definition) is 5. The molecule has 2 N–H and O–H groups in total. The number of rotatable bonds is 7. The summed E-state index contributed by atoms with van der Waals surface area (Å²) < 4.78 is 5.14. The Morgan fingerprint density at radius 2 is 2.08 bits per heavy atom. The number of aliphatic hydroxyl groups is 1. The van der Waals surface area contributed by atoms with E-state index in [1.165, 1.54) is 0 Å². The zero-order valence-electron chi connectivity index (χ0n) is 15.6. The SMILES string of the molecule is CCNC(=NCC(O)c1ccc(OC)cc1)N(C)Cc1csc(C)n1.I. The number of benzene rings is 1. The van der Waals surface area contributed by atoms with Crippen LogP contribution < -0.4 is 10.1 Å². The third-order valence-corrected chi connectivity index (χ3v) is 4.50. The van der Waals surface area contributed by atoms with Gasteiger partial charge in [-0.3, -0.25) is 4.99 Å². The molecule has 1 aromatic carbocycles. The summed E-state index contributed by atoms with van der Waals surface area (Å²) in [6, 6.07) is 7.38. The van der Waals surface area contributed by atoms with Gasteiger partial charge in [0.1, 0.15) is 5.75 Å². The Labute approximate surface area is 176 Å². The standard InChI is InChI=1S/C18H26N4O2S.HI/c1-5-19-18(22(3)11-15-12-25-13(2)21-15)20-10-17(23)14-6-8-16(24-4)9-7-14;/h6-9,12,17,23H,5,10-11H2,1-4H3,(H,19,20);1H. The minimum Gasteiger partial charge on any atom is -0.497 e. The summed E-state index contributed by atoms with van der Waals surface area (Å²) in [5.74, 6) is 1.52. The first kappa shape index (κ1) is 22.7. The van der Waals surface area contributed by atoms with Crippen LogP contribution in [0.5, 0.6) is 5.75 Å². The van der Waals surface area contributed by atoms with Gasteiger partial charge in [0.25, 0.3) is 0 Å². The molecule has 0 aliphatic rings. The number of methoxy groups -OCH3 is 1. The molecule has 6 nitrogen and oxygen atoms in total. The number of halogens is 1. The number of ether oxygens (including phenoxy) is 1. The fourth-order valence-electron chi connectivity index (χ4n) is 2.37. The number of hydrogen-bond donors (Lipinski definition) is 2. The lowest BCUT2D eigenvalue weighted by Gasteiger charge is -2.21. The lowest BCUT2D eigenvalue weighted by molar-refractivity contribution is 0.186. The van der Waals surface area contributed by atoms with Crippen molar-refractivity contribution in [2.45, 2.75) is 26.5 Å². The van der Waals surface area contributed by atoms with Crippen LogP contribution in [0.1, 0.15) is 29.3 Å². The molecule has 0 aliphatic heterocycles. The summed E-state index contributed by atoms with van der Waals surface area (Å²) in [7, 11) is 3.59. The summed E-state index contributed by atoms with van der Waals surface area (Å²) in [5, 5.41) is 16.7. The first-order chi connectivity index (χ1) is 12.0. The quantitative estimate of drug-likeness (QED) is 0.355. The van der Waals surface area contributed by atoms with Crippen molar-refractivity contribution in [1.82, 2.24) is 15.2 Å². The van der Waals surface area contributed by atoms with E-state index in [1.54, 1.807) is 18.4 Å². The fraction of sp³-hybridized carbons (Fsp3) is 0.444. The number of aromatic nitrogens is 1. The minimum absolute atomic E-state index is 0. The van der Waals surface area contributed by atoms with Crippen molar-refractivity contribution in [3.05, 3.63) is 45.9 Å². The monoisotopic (exact) mass is 490 g/mol. The second-order valence-corrected chi connectivity index (χ2v) is 6.76. The lowest BCUT2D eigenvalue weighted by atomic mass is 10.1. The van der Waals surface area contributed by atoms with E-state index in [0.717, 1.165) is 34.5 Å². The van der Waals surface area contributed by atoms with Crippen LogP contribution in [0.2, 0.25) is 0 Å². The molecule has 2 rings (SSSR count). The number of aliphatic hydroxyl groups excluding tert-OH is 1. The Hall–Kier alpha value is -1.39. The van der Waals surface area contributed by atoms with Gasteiger partial charge in [-0.2, -0.15) is 0 Å². The molecule has 0 aliphatic carbocycles. The van der Waals surface area contributed by atoms with Gasteiger partial charge in [0.15, 0.2) is 5.96 Å². The predicted octanol–water partition coefficient (Wildman–Crippen LogP) is 3.21. The summed E-state index contributed by atoms with van der Waals surface area (Å²) in [4.78, 5) is 11.1. The third kappa shape index (κ3) is 6.73. The number of nitrogens with one attached hydrogen (secondary N) is 1. The molecule has 2 aromatic rings. The third-order valence-electron chi connectivity index (χ3n) is 3.68. The van der Waals surface area contributed by atoms with Crippen molar-refractivity contribution in [3.8, 4) is 5.75 Å². The first-order valence-electron chi connectivity index (χ1n) is 8.26. The normalized spacial score (nSPS) is 12.3. The number of guanidine groups is 1. The summed E-state index contributed by atoms with van der Waals surface area (Å²) >= 11 is 1.64. The summed E-state index contributed by atoms with van der Waals surface area (Å²) in [6.07, 6.45) is -0.658. The molecule has 0 fully saturated rings. The number of thiazole rings is 1. The van der Waals surface area contributed by atoms with Crippen molar-refractivity contribution >= 4 is 41.3 Å². The largest absolute Gasteiger partial charge is 0.497 e. The van der Waals surface area contributed by atoms with E-state index < -0.39 is 6.10 Å². The Morgan fingerprint density at radius 1 is 1.38 bits per heavy atom. The molecule has 144 valence electrons. The molecule has 1 atom stereocenters. The van der Waals surface area contributed by atoms with Crippen LogP contribution in [-0.2, 0) is 6.54 Å². The molecule has 0 saturated carbocycles. The van der Waals surface area contributed by atoms with Crippen LogP contribution in [0.4, 0.5) is 0 Å². The van der Waals surface area contributed by atoms with E-state index in [2.05, 4.69) is 20.7 Å². The van der Waals surface area contributed by atoms with Gasteiger partial charge in [-0.05, 0) is 31.5 Å². The maximum absolute atomic E-state index is 10.4. The van der Waals surface area contributed by atoms with Crippen molar-refractivity contribution in [2.24, 2.45) is 4.99 Å². The second-order valence-electron chi connectivity index (χ2n) is 5.70. The van der Waals surface area contributed by atoms with Crippen LogP contribution in [0.25, 0.3) is 0 Å². The number of aliphatic imine (C=N–C) groups is 1. The average Bonchev–Trinajstić information content (AvgIpc) is 3.03. The van der Waals surface area contributed by atoms with E-state index in [0.29, 0.717) is 6.54 Å². The minimum atomic E-state index is -0.658. The maximum Gasteiger partial charge on any atom is 0.194 e. The molecule has 0 amide bonds. The molecule has 0 radical (unpaired) electrons. The highest BCUT2D eigenvalue weighted by atomic mass is 127. The van der Waals surface area contributed by atoms with Crippen molar-refractivity contribution in [3.63, 3.8) is 0 Å². The molecule has 8 heteroatoms.